The van der Waals surface area contributed by atoms with Gasteiger partial charge in [-0.2, -0.15) is 5.10 Å². The number of allylic oxidation sites excluding steroid dienone is 1. The van der Waals surface area contributed by atoms with Crippen LogP contribution in [0.15, 0.2) is 30.5 Å². The Kier molecular flexibility index (Phi) is 4.84. The number of fused-ring (bicyclic) bond motifs is 3. The molecule has 1 atom stereocenters. The lowest BCUT2D eigenvalue weighted by Gasteiger charge is -2.21. The summed E-state index contributed by atoms with van der Waals surface area (Å²) in [4.78, 5) is 0. The fourth-order valence-corrected chi connectivity index (χ4v) is 4.44. The first-order valence-electron chi connectivity index (χ1n) is 10.8. The molecule has 0 amide bonds. The molecule has 3 N–H and O–H groups in total. The largest absolute Gasteiger partial charge is 0.393 e. The normalized spacial score (nSPS) is 18.2. The smallest absolute Gasteiger partial charge is 0.124 e. The summed E-state index contributed by atoms with van der Waals surface area (Å²) in [7, 11) is 3.86. The predicted octanol–water partition coefficient (Wildman–Crippen LogP) is 3.63. The molecule has 0 saturated heterocycles. The zero-order valence-electron chi connectivity index (χ0n) is 18.2. The van der Waals surface area contributed by atoms with Gasteiger partial charge < -0.3 is 16.0 Å². The number of benzene rings is 1. The molecule has 2 aliphatic rings. The highest BCUT2D eigenvalue weighted by molar-refractivity contribution is 6.08. The highest BCUT2D eigenvalue weighted by Gasteiger charge is 2.29. The van der Waals surface area contributed by atoms with Crippen molar-refractivity contribution < 1.29 is 0 Å². The summed E-state index contributed by atoms with van der Waals surface area (Å²) in [6.07, 6.45) is 6.60. The Morgan fingerprint density at radius 2 is 2.06 bits per heavy atom. The molecule has 0 bridgehead atoms. The number of hydrogen-bond donors (Lipinski definition) is 3. The molecular formula is C23H28N8. The Morgan fingerprint density at radius 1 is 1.23 bits per heavy atom. The van der Waals surface area contributed by atoms with Crippen LogP contribution in [-0.2, 0) is 13.6 Å². The molecule has 5 rings (SSSR count). The molecule has 160 valence electrons. The van der Waals surface area contributed by atoms with Crippen LogP contribution in [0.4, 0.5) is 5.82 Å². The molecule has 3 aromatic rings. The van der Waals surface area contributed by atoms with Crippen molar-refractivity contribution in [2.75, 3.05) is 12.4 Å². The second-order valence-electron chi connectivity index (χ2n) is 8.42. The van der Waals surface area contributed by atoms with Crippen molar-refractivity contribution >= 4 is 17.6 Å². The quantitative estimate of drug-likeness (QED) is 0.533. The molecule has 1 aliphatic heterocycles. The average Bonchev–Trinajstić information content (AvgIpc) is 3.49. The zero-order valence-corrected chi connectivity index (χ0v) is 18.2. The third kappa shape index (κ3) is 3.52. The van der Waals surface area contributed by atoms with Crippen LogP contribution in [0.2, 0.25) is 0 Å². The third-order valence-corrected chi connectivity index (χ3v) is 6.22. The number of aromatic nitrogens is 5. The second-order valence-corrected chi connectivity index (χ2v) is 8.42. The van der Waals surface area contributed by atoms with Crippen molar-refractivity contribution in [3.63, 3.8) is 0 Å². The van der Waals surface area contributed by atoms with Crippen LogP contribution in [0.1, 0.15) is 53.7 Å². The Hall–Kier alpha value is -3.42. The molecule has 2 aromatic heterocycles. The fourth-order valence-electron chi connectivity index (χ4n) is 4.44. The predicted molar refractivity (Wildman–Crippen MR) is 122 cm³/mol. The molecule has 1 saturated carbocycles. The zero-order chi connectivity index (χ0) is 21.5. The average molecular weight is 417 g/mol. The van der Waals surface area contributed by atoms with Crippen LogP contribution in [0.3, 0.4) is 0 Å². The fraction of sp³-hybridized carbons (Fsp3) is 0.391. The maximum absolute atomic E-state index is 7.83. The summed E-state index contributed by atoms with van der Waals surface area (Å²) < 4.78 is 3.96. The van der Waals surface area contributed by atoms with Gasteiger partial charge in [-0.25, -0.2) is 4.68 Å². The van der Waals surface area contributed by atoms with Gasteiger partial charge in [0.15, 0.2) is 0 Å². The van der Waals surface area contributed by atoms with Crippen LogP contribution in [0.5, 0.6) is 0 Å². The van der Waals surface area contributed by atoms with Crippen LogP contribution in [-0.4, -0.2) is 38.0 Å². The van der Waals surface area contributed by atoms with Gasteiger partial charge in [0.05, 0.1) is 23.1 Å². The standard InChI is InChI=1S/C23H28N8/c1-14-23-18-7-6-16(17(12-24)13-25-2)10-19(18)20(8-9-31(23)29-27-14)26-22-11-21(15-4-5-15)28-30(22)3/h6-7,10-13,15,20,24-26H,4-5,8-9H2,1-3H3/b17-13+,24-12?. The van der Waals surface area contributed by atoms with Crippen molar-refractivity contribution in [1.29, 1.82) is 5.41 Å². The molecule has 8 nitrogen and oxygen atoms in total. The summed E-state index contributed by atoms with van der Waals surface area (Å²) >= 11 is 0. The molecule has 0 radical (unpaired) electrons. The van der Waals surface area contributed by atoms with Gasteiger partial charge in [0.1, 0.15) is 5.82 Å². The lowest BCUT2D eigenvalue weighted by Crippen LogP contribution is -2.15. The monoisotopic (exact) mass is 416 g/mol. The van der Waals surface area contributed by atoms with Crippen LogP contribution in [0.25, 0.3) is 16.8 Å². The van der Waals surface area contributed by atoms with E-state index >= 15 is 0 Å². The van der Waals surface area contributed by atoms with E-state index in [9.17, 15) is 0 Å². The lowest BCUT2D eigenvalue weighted by molar-refractivity contribution is 0.537. The second kappa shape index (κ2) is 7.68. The molecule has 31 heavy (non-hydrogen) atoms. The SMILES string of the molecule is CN/C=C(\C=N)c1ccc2c(c1)C(Nc1cc(C3CC3)nn1C)CCn1nnc(C)c1-2. The molecule has 8 heteroatoms. The van der Waals surface area contributed by atoms with E-state index in [4.69, 9.17) is 10.5 Å². The van der Waals surface area contributed by atoms with E-state index in [0.29, 0.717) is 5.92 Å². The van der Waals surface area contributed by atoms with E-state index in [1.54, 1.807) is 0 Å². The molecule has 1 aromatic carbocycles. The maximum atomic E-state index is 7.83. The highest BCUT2D eigenvalue weighted by atomic mass is 15.4. The van der Waals surface area contributed by atoms with Crippen molar-refractivity contribution in [2.45, 2.75) is 44.7 Å². The number of nitrogens with zero attached hydrogens (tertiary/aromatic N) is 5. The summed E-state index contributed by atoms with van der Waals surface area (Å²) in [6, 6.07) is 8.70. The first kappa shape index (κ1) is 19.5. The summed E-state index contributed by atoms with van der Waals surface area (Å²) in [5.74, 6) is 1.66. The van der Waals surface area contributed by atoms with E-state index in [-0.39, 0.29) is 6.04 Å². The topological polar surface area (TPSA) is 96.4 Å². The molecule has 1 fully saturated rings. The van der Waals surface area contributed by atoms with Crippen molar-refractivity contribution in [3.8, 4) is 11.3 Å². The van der Waals surface area contributed by atoms with Gasteiger partial charge >= 0.3 is 0 Å². The van der Waals surface area contributed by atoms with E-state index in [0.717, 1.165) is 46.9 Å². The van der Waals surface area contributed by atoms with E-state index in [1.807, 2.05) is 36.6 Å². The van der Waals surface area contributed by atoms with Crippen LogP contribution >= 0.6 is 0 Å². The Balaban J connectivity index is 1.59. The Bertz CT molecular complexity index is 1160. The van der Waals surface area contributed by atoms with Gasteiger partial charge in [-0.05, 0) is 43.4 Å². The number of anilines is 1. The highest BCUT2D eigenvalue weighted by Crippen LogP contribution is 2.41. The first-order chi connectivity index (χ1) is 15.1. The van der Waals surface area contributed by atoms with Gasteiger partial charge in [-0.15, -0.1) is 5.10 Å². The summed E-state index contributed by atoms with van der Waals surface area (Å²) in [5, 5.41) is 28.0. The Morgan fingerprint density at radius 3 is 2.81 bits per heavy atom. The number of aryl methyl sites for hydroxylation is 3. The van der Waals surface area contributed by atoms with Crippen molar-refractivity contribution in [3.05, 3.63) is 53.0 Å². The minimum Gasteiger partial charge on any atom is -0.393 e. The van der Waals surface area contributed by atoms with Gasteiger partial charge in [0.2, 0.25) is 0 Å². The summed E-state index contributed by atoms with van der Waals surface area (Å²) in [6.45, 7) is 2.80. The maximum Gasteiger partial charge on any atom is 0.124 e. The lowest BCUT2D eigenvalue weighted by atomic mass is 9.92. The van der Waals surface area contributed by atoms with Crippen molar-refractivity contribution in [1.82, 2.24) is 30.1 Å². The minimum absolute atomic E-state index is 0.0973. The molecule has 0 spiro atoms. The third-order valence-electron chi connectivity index (χ3n) is 6.22. The molecule has 1 aliphatic carbocycles. The van der Waals surface area contributed by atoms with Gasteiger partial charge in [0, 0.05) is 56.2 Å². The number of nitrogens with one attached hydrogen (secondary N) is 3. The van der Waals surface area contributed by atoms with Gasteiger partial charge in [0.25, 0.3) is 0 Å². The minimum atomic E-state index is 0.0973. The van der Waals surface area contributed by atoms with E-state index in [1.165, 1.54) is 30.3 Å². The molecule has 3 heterocycles. The summed E-state index contributed by atoms with van der Waals surface area (Å²) in [5.41, 5.74) is 7.38. The van der Waals surface area contributed by atoms with Crippen LogP contribution in [0, 0.1) is 12.3 Å². The molecular weight excluding hydrogens is 388 g/mol. The van der Waals surface area contributed by atoms with E-state index < -0.39 is 0 Å². The van der Waals surface area contributed by atoms with Gasteiger partial charge in [-0.3, -0.25) is 4.68 Å². The van der Waals surface area contributed by atoms with Crippen molar-refractivity contribution in [2.24, 2.45) is 7.05 Å². The Labute approximate surface area is 181 Å². The van der Waals surface area contributed by atoms with Crippen LogP contribution < -0.4 is 10.6 Å². The van der Waals surface area contributed by atoms with E-state index in [2.05, 4.69) is 45.2 Å². The van der Waals surface area contributed by atoms with Gasteiger partial charge in [-0.1, -0.05) is 17.3 Å². The number of hydrogen-bond acceptors (Lipinski definition) is 6. The molecule has 1 unspecified atom stereocenters. The first-order valence-corrected chi connectivity index (χ1v) is 10.8. The number of rotatable bonds is 6.